The number of carbonyl (C=O) groups excluding carboxylic acids is 1. The molecule has 1 aliphatic rings. The van der Waals surface area contributed by atoms with Gasteiger partial charge in [-0.3, -0.25) is 9.69 Å². The van der Waals surface area contributed by atoms with Gasteiger partial charge in [-0.25, -0.2) is 8.42 Å². The van der Waals surface area contributed by atoms with Crippen molar-refractivity contribution >= 4 is 15.9 Å². The highest BCUT2D eigenvalue weighted by Gasteiger charge is 2.29. The lowest BCUT2D eigenvalue weighted by atomic mass is 10.2. The van der Waals surface area contributed by atoms with E-state index < -0.39 is 10.0 Å². The molecule has 7 heteroatoms. The lowest BCUT2D eigenvalue weighted by Crippen LogP contribution is -2.55. The maximum atomic E-state index is 11.9. The molecule has 0 spiro atoms. The smallest absolute Gasteiger partial charge is 0.237 e. The highest BCUT2D eigenvalue weighted by atomic mass is 32.2. The van der Waals surface area contributed by atoms with E-state index in [4.69, 9.17) is 0 Å². The zero-order valence-corrected chi connectivity index (χ0v) is 12.9. The van der Waals surface area contributed by atoms with Crippen LogP contribution < -0.4 is 5.32 Å². The summed E-state index contributed by atoms with van der Waals surface area (Å²) >= 11 is 0. The number of carbonyl (C=O) groups is 1. The average molecular weight is 291 g/mol. The molecule has 1 rings (SSSR count). The monoisotopic (exact) mass is 291 g/mol. The number of nitrogens with one attached hydrogen (secondary N) is 1. The molecule has 1 heterocycles. The predicted octanol–water partition coefficient (Wildman–Crippen LogP) is -0.132. The molecule has 1 N–H and O–H groups in total. The van der Waals surface area contributed by atoms with E-state index in [0.29, 0.717) is 32.7 Å². The summed E-state index contributed by atoms with van der Waals surface area (Å²) in [6.45, 7) is 8.40. The maximum Gasteiger partial charge on any atom is 0.237 e. The third-order valence-electron chi connectivity index (χ3n) is 3.51. The number of hydrogen-bond acceptors (Lipinski definition) is 4. The minimum atomic E-state index is -3.10. The van der Waals surface area contributed by atoms with E-state index >= 15 is 0 Å². The van der Waals surface area contributed by atoms with Gasteiger partial charge in [0.1, 0.15) is 0 Å². The first-order chi connectivity index (χ1) is 8.92. The van der Waals surface area contributed by atoms with Crippen LogP contribution in [0, 0.1) is 0 Å². The molecule has 1 atom stereocenters. The summed E-state index contributed by atoms with van der Waals surface area (Å²) in [5, 5.41) is 2.87. The van der Waals surface area contributed by atoms with E-state index in [2.05, 4.69) is 5.32 Å². The minimum absolute atomic E-state index is 0.0219. The lowest BCUT2D eigenvalue weighted by molar-refractivity contribution is -0.126. The third kappa shape index (κ3) is 4.43. The molecule has 0 bridgehead atoms. The van der Waals surface area contributed by atoms with Crippen molar-refractivity contribution in [3.8, 4) is 0 Å². The van der Waals surface area contributed by atoms with E-state index in [-0.39, 0.29) is 17.7 Å². The highest BCUT2D eigenvalue weighted by Crippen LogP contribution is 2.10. The fourth-order valence-electron chi connectivity index (χ4n) is 2.11. The Morgan fingerprint density at radius 3 is 2.26 bits per heavy atom. The summed E-state index contributed by atoms with van der Waals surface area (Å²) in [5.74, 6) is 0.160. The molecule has 0 saturated carbocycles. The molecule has 112 valence electrons. The summed E-state index contributed by atoms with van der Waals surface area (Å²) in [4.78, 5) is 13.9. The Morgan fingerprint density at radius 1 is 1.21 bits per heavy atom. The van der Waals surface area contributed by atoms with E-state index in [9.17, 15) is 13.2 Å². The minimum Gasteiger partial charge on any atom is -0.355 e. The van der Waals surface area contributed by atoms with Crippen molar-refractivity contribution in [1.29, 1.82) is 0 Å². The maximum absolute atomic E-state index is 11.9. The molecule has 0 aromatic heterocycles. The first-order valence-electron chi connectivity index (χ1n) is 6.92. The average Bonchev–Trinajstić information content (AvgIpc) is 2.44. The van der Waals surface area contributed by atoms with Gasteiger partial charge < -0.3 is 5.32 Å². The van der Waals surface area contributed by atoms with E-state index in [1.54, 1.807) is 6.92 Å². The second-order valence-electron chi connectivity index (χ2n) is 4.80. The van der Waals surface area contributed by atoms with Crippen molar-refractivity contribution < 1.29 is 13.2 Å². The number of sulfonamides is 1. The van der Waals surface area contributed by atoms with Crippen LogP contribution in [0.25, 0.3) is 0 Å². The Kier molecular flexibility index (Phi) is 6.22. The first-order valence-corrected chi connectivity index (χ1v) is 8.52. The van der Waals surface area contributed by atoms with Gasteiger partial charge in [-0.15, -0.1) is 0 Å². The van der Waals surface area contributed by atoms with Crippen molar-refractivity contribution in [2.24, 2.45) is 0 Å². The Morgan fingerprint density at radius 2 is 1.79 bits per heavy atom. The fraction of sp³-hybridized carbons (Fsp3) is 0.917. The van der Waals surface area contributed by atoms with Crippen molar-refractivity contribution in [2.75, 3.05) is 38.5 Å². The number of rotatable bonds is 6. The van der Waals surface area contributed by atoms with Crippen LogP contribution in [0.2, 0.25) is 0 Å². The molecule has 19 heavy (non-hydrogen) atoms. The molecule has 0 unspecified atom stereocenters. The van der Waals surface area contributed by atoms with Gasteiger partial charge in [-0.05, 0) is 20.3 Å². The van der Waals surface area contributed by atoms with Crippen LogP contribution in [0.1, 0.15) is 27.2 Å². The van der Waals surface area contributed by atoms with Gasteiger partial charge in [-0.1, -0.05) is 6.92 Å². The Hall–Kier alpha value is -0.660. The molecule has 0 aromatic rings. The van der Waals surface area contributed by atoms with Crippen LogP contribution in [-0.2, 0) is 14.8 Å². The van der Waals surface area contributed by atoms with E-state index in [1.807, 2.05) is 18.7 Å². The number of hydrogen-bond donors (Lipinski definition) is 1. The quantitative estimate of drug-likeness (QED) is 0.740. The lowest BCUT2D eigenvalue weighted by Gasteiger charge is -2.36. The Bertz CT molecular complexity index is 389. The number of piperazine rings is 1. The van der Waals surface area contributed by atoms with Crippen LogP contribution in [0.4, 0.5) is 0 Å². The molecule has 1 aliphatic heterocycles. The molecule has 6 nitrogen and oxygen atoms in total. The second-order valence-corrected chi connectivity index (χ2v) is 7.06. The normalized spacial score (nSPS) is 20.2. The second kappa shape index (κ2) is 7.21. The summed E-state index contributed by atoms with van der Waals surface area (Å²) in [6, 6.07) is -0.196. The van der Waals surface area contributed by atoms with Crippen LogP contribution in [0.5, 0.6) is 0 Å². The molecular formula is C12H25N3O3S. The van der Waals surface area contributed by atoms with Crippen molar-refractivity contribution in [3.05, 3.63) is 0 Å². The molecule has 1 saturated heterocycles. The summed E-state index contributed by atoms with van der Waals surface area (Å²) < 4.78 is 25.0. The van der Waals surface area contributed by atoms with Gasteiger partial charge >= 0.3 is 0 Å². The zero-order valence-electron chi connectivity index (χ0n) is 12.1. The standard InChI is InChI=1S/C12H25N3O3S/c1-4-6-13-12(16)11(3)14-7-9-15(10-8-14)19(17,18)5-2/h11H,4-10H2,1-3H3,(H,13,16)/t11-/m1/s1. The fourth-order valence-corrected chi connectivity index (χ4v) is 3.20. The summed E-state index contributed by atoms with van der Waals surface area (Å²) in [5.41, 5.74) is 0. The first kappa shape index (κ1) is 16.4. The summed E-state index contributed by atoms with van der Waals surface area (Å²) in [7, 11) is -3.10. The number of nitrogens with zero attached hydrogens (tertiary/aromatic N) is 2. The van der Waals surface area contributed by atoms with Gasteiger partial charge in [-0.2, -0.15) is 4.31 Å². The zero-order chi connectivity index (χ0) is 14.5. The largest absolute Gasteiger partial charge is 0.355 e. The van der Waals surface area contributed by atoms with Gasteiger partial charge in [0.25, 0.3) is 0 Å². The van der Waals surface area contributed by atoms with Gasteiger partial charge in [0.15, 0.2) is 0 Å². The predicted molar refractivity (Wildman–Crippen MR) is 75.4 cm³/mol. The molecular weight excluding hydrogens is 266 g/mol. The van der Waals surface area contributed by atoms with Gasteiger partial charge in [0.2, 0.25) is 15.9 Å². The van der Waals surface area contributed by atoms with Gasteiger partial charge in [0, 0.05) is 32.7 Å². The van der Waals surface area contributed by atoms with E-state index in [1.165, 1.54) is 4.31 Å². The van der Waals surface area contributed by atoms with Crippen molar-refractivity contribution in [2.45, 2.75) is 33.2 Å². The molecule has 0 aliphatic carbocycles. The molecule has 0 radical (unpaired) electrons. The SMILES string of the molecule is CCCNC(=O)[C@@H](C)N1CCN(S(=O)(=O)CC)CC1. The topological polar surface area (TPSA) is 69.7 Å². The molecule has 1 fully saturated rings. The molecule has 1 amide bonds. The van der Waals surface area contributed by atoms with E-state index in [0.717, 1.165) is 6.42 Å². The third-order valence-corrected chi connectivity index (χ3v) is 5.39. The highest BCUT2D eigenvalue weighted by molar-refractivity contribution is 7.89. The van der Waals surface area contributed by atoms with Gasteiger partial charge in [0.05, 0.1) is 11.8 Å². The van der Waals surface area contributed by atoms with Crippen molar-refractivity contribution in [3.63, 3.8) is 0 Å². The van der Waals surface area contributed by atoms with Crippen LogP contribution in [0.15, 0.2) is 0 Å². The summed E-state index contributed by atoms with van der Waals surface area (Å²) in [6.07, 6.45) is 0.918. The molecule has 0 aromatic carbocycles. The van der Waals surface area contributed by atoms with Crippen molar-refractivity contribution in [1.82, 2.24) is 14.5 Å². The number of amides is 1. The Labute approximate surface area is 116 Å². The Balaban J connectivity index is 2.47. The van der Waals surface area contributed by atoms with Crippen LogP contribution >= 0.6 is 0 Å². The van der Waals surface area contributed by atoms with Crippen LogP contribution in [0.3, 0.4) is 0 Å². The van der Waals surface area contributed by atoms with Crippen LogP contribution in [-0.4, -0.2) is 68.0 Å².